The van der Waals surface area contributed by atoms with E-state index in [1.54, 1.807) is 0 Å². The van der Waals surface area contributed by atoms with Crippen molar-refractivity contribution in [3.8, 4) is 0 Å². The van der Waals surface area contributed by atoms with E-state index in [9.17, 15) is 0 Å². The molecule has 1 aromatic heterocycles. The molecule has 4 heteroatoms. The van der Waals surface area contributed by atoms with Gasteiger partial charge in [-0.05, 0) is 43.2 Å². The van der Waals surface area contributed by atoms with Crippen molar-refractivity contribution in [3.63, 3.8) is 0 Å². The van der Waals surface area contributed by atoms with Crippen molar-refractivity contribution in [2.24, 2.45) is 5.92 Å². The number of hydrogen-bond donors (Lipinski definition) is 0. The topological polar surface area (TPSA) is 34.6 Å². The Balaban J connectivity index is 1.38. The smallest absolute Gasteiger partial charge is 0.0992 e. The van der Waals surface area contributed by atoms with Crippen LogP contribution in [0.2, 0.25) is 0 Å². The van der Waals surface area contributed by atoms with Crippen molar-refractivity contribution in [2.75, 3.05) is 19.8 Å². The van der Waals surface area contributed by atoms with Crippen LogP contribution in [-0.4, -0.2) is 47.9 Å². The highest BCUT2D eigenvalue weighted by Gasteiger charge is 2.43. The molecule has 0 amide bonds. The van der Waals surface area contributed by atoms with Crippen LogP contribution in [-0.2, 0) is 16.0 Å². The van der Waals surface area contributed by atoms with Crippen LogP contribution in [0.15, 0.2) is 24.5 Å². The predicted octanol–water partition coefficient (Wildman–Crippen LogP) is 2.24. The summed E-state index contributed by atoms with van der Waals surface area (Å²) >= 11 is 0. The minimum absolute atomic E-state index is 0.272. The van der Waals surface area contributed by atoms with E-state index in [0.29, 0.717) is 12.1 Å². The van der Waals surface area contributed by atoms with Gasteiger partial charge in [-0.15, -0.1) is 0 Å². The summed E-state index contributed by atoms with van der Waals surface area (Å²) in [5, 5.41) is 0. The molecule has 3 atom stereocenters. The first-order chi connectivity index (χ1) is 10.4. The molecular formula is C17H24N2O2. The molecule has 4 nitrogen and oxygen atoms in total. The monoisotopic (exact) mass is 288 g/mol. The standard InChI is InChI=1S/C17H24N2O2/c1-2-14(10-18-7-1)11-19-8-9-20-17-15(19)5-6-16(17)21-12-13-3-4-13/h1-2,7,10,13,15-17H,3-6,8-9,11-12H2/t15-,16-,17+/m0/s1. The number of fused-ring (bicyclic) bond motifs is 1. The zero-order valence-corrected chi connectivity index (χ0v) is 12.5. The molecule has 4 rings (SSSR count). The first-order valence-electron chi connectivity index (χ1n) is 8.26. The fraction of sp³-hybridized carbons (Fsp3) is 0.706. The van der Waals surface area contributed by atoms with Gasteiger partial charge in [0.05, 0.1) is 18.8 Å². The highest BCUT2D eigenvalue weighted by atomic mass is 16.5. The molecule has 3 fully saturated rings. The second-order valence-corrected chi connectivity index (χ2v) is 6.63. The Morgan fingerprint density at radius 2 is 2.24 bits per heavy atom. The fourth-order valence-electron chi connectivity index (χ4n) is 3.64. The third-order valence-electron chi connectivity index (χ3n) is 5.00. The van der Waals surface area contributed by atoms with Crippen LogP contribution in [0.1, 0.15) is 31.2 Å². The molecule has 2 aliphatic carbocycles. The van der Waals surface area contributed by atoms with Crippen molar-refractivity contribution in [3.05, 3.63) is 30.1 Å². The van der Waals surface area contributed by atoms with Gasteiger partial charge < -0.3 is 9.47 Å². The third-order valence-corrected chi connectivity index (χ3v) is 5.00. The van der Waals surface area contributed by atoms with Gasteiger partial charge in [0.1, 0.15) is 0 Å². The number of nitrogens with zero attached hydrogens (tertiary/aromatic N) is 2. The predicted molar refractivity (Wildman–Crippen MR) is 79.9 cm³/mol. The van der Waals surface area contributed by atoms with Crippen molar-refractivity contribution < 1.29 is 9.47 Å². The second-order valence-electron chi connectivity index (χ2n) is 6.63. The average Bonchev–Trinajstić information content (AvgIpc) is 3.26. The molecule has 0 spiro atoms. The average molecular weight is 288 g/mol. The summed E-state index contributed by atoms with van der Waals surface area (Å²) in [5.41, 5.74) is 1.29. The van der Waals surface area contributed by atoms with E-state index in [2.05, 4.69) is 16.0 Å². The Kier molecular flexibility index (Phi) is 3.93. The summed E-state index contributed by atoms with van der Waals surface area (Å²) in [6.45, 7) is 3.77. The molecule has 1 aliphatic heterocycles. The van der Waals surface area contributed by atoms with Crippen LogP contribution in [0.3, 0.4) is 0 Å². The summed E-state index contributed by atoms with van der Waals surface area (Å²) in [6.07, 6.45) is 9.44. The SMILES string of the molecule is c1cncc(CN2CCO[C@H]3[C@@H](OCC4CC4)CC[C@@H]32)c1. The summed E-state index contributed by atoms with van der Waals surface area (Å²) < 4.78 is 12.2. The van der Waals surface area contributed by atoms with Crippen LogP contribution < -0.4 is 0 Å². The second kappa shape index (κ2) is 6.03. The number of aromatic nitrogens is 1. The van der Waals surface area contributed by atoms with E-state index < -0.39 is 0 Å². The minimum atomic E-state index is 0.272. The molecule has 2 saturated carbocycles. The quantitative estimate of drug-likeness (QED) is 0.832. The van der Waals surface area contributed by atoms with Crippen molar-refractivity contribution >= 4 is 0 Å². The molecular weight excluding hydrogens is 264 g/mol. The number of hydrogen-bond acceptors (Lipinski definition) is 4. The minimum Gasteiger partial charge on any atom is -0.375 e. The Hall–Kier alpha value is -0.970. The summed E-state index contributed by atoms with van der Waals surface area (Å²) in [7, 11) is 0. The first-order valence-corrected chi connectivity index (χ1v) is 8.26. The lowest BCUT2D eigenvalue weighted by molar-refractivity contribution is -0.116. The van der Waals surface area contributed by atoms with E-state index in [-0.39, 0.29) is 6.10 Å². The van der Waals surface area contributed by atoms with Crippen molar-refractivity contribution in [1.82, 2.24) is 9.88 Å². The highest BCUT2D eigenvalue weighted by Crippen LogP contribution is 2.35. The Morgan fingerprint density at radius 3 is 3.05 bits per heavy atom. The summed E-state index contributed by atoms with van der Waals surface area (Å²) in [4.78, 5) is 6.78. The molecule has 114 valence electrons. The molecule has 1 saturated heterocycles. The maximum atomic E-state index is 6.13. The highest BCUT2D eigenvalue weighted by molar-refractivity contribution is 5.09. The number of morpholine rings is 1. The number of pyridine rings is 1. The van der Waals surface area contributed by atoms with Gasteiger partial charge >= 0.3 is 0 Å². The maximum absolute atomic E-state index is 6.13. The van der Waals surface area contributed by atoms with Crippen molar-refractivity contribution in [1.29, 1.82) is 0 Å². The van der Waals surface area contributed by atoms with E-state index in [4.69, 9.17) is 9.47 Å². The normalized spacial score (nSPS) is 33.0. The third kappa shape index (κ3) is 3.12. The van der Waals surface area contributed by atoms with Gasteiger partial charge in [0.25, 0.3) is 0 Å². The molecule has 1 aromatic rings. The largest absolute Gasteiger partial charge is 0.375 e. The van der Waals surface area contributed by atoms with Crippen LogP contribution in [0, 0.1) is 5.92 Å². The van der Waals surface area contributed by atoms with Crippen LogP contribution in [0.5, 0.6) is 0 Å². The Labute approximate surface area is 126 Å². The van der Waals surface area contributed by atoms with Crippen molar-refractivity contribution in [2.45, 2.75) is 50.5 Å². The molecule has 0 bridgehead atoms. The Morgan fingerprint density at radius 1 is 1.29 bits per heavy atom. The van der Waals surface area contributed by atoms with Crippen LogP contribution in [0.25, 0.3) is 0 Å². The van der Waals surface area contributed by atoms with Gasteiger partial charge in [0, 0.05) is 38.1 Å². The Bertz CT molecular complexity index is 463. The first kappa shape index (κ1) is 13.7. The van der Waals surface area contributed by atoms with E-state index >= 15 is 0 Å². The molecule has 0 N–H and O–H groups in total. The van der Waals surface area contributed by atoms with Gasteiger partial charge in [-0.2, -0.15) is 0 Å². The van der Waals surface area contributed by atoms with Gasteiger partial charge in [-0.1, -0.05) is 6.07 Å². The lowest BCUT2D eigenvalue weighted by atomic mass is 10.1. The van der Waals surface area contributed by atoms with E-state index in [1.807, 2.05) is 18.5 Å². The van der Waals surface area contributed by atoms with Crippen LogP contribution >= 0.6 is 0 Å². The number of rotatable bonds is 5. The molecule has 21 heavy (non-hydrogen) atoms. The van der Waals surface area contributed by atoms with Crippen LogP contribution in [0.4, 0.5) is 0 Å². The van der Waals surface area contributed by atoms with E-state index in [1.165, 1.54) is 24.8 Å². The zero-order chi connectivity index (χ0) is 14.1. The summed E-state index contributed by atoms with van der Waals surface area (Å²) in [6, 6.07) is 4.69. The van der Waals surface area contributed by atoms with E-state index in [0.717, 1.165) is 38.6 Å². The van der Waals surface area contributed by atoms with Gasteiger partial charge in [0.2, 0.25) is 0 Å². The fourth-order valence-corrected chi connectivity index (χ4v) is 3.64. The number of ether oxygens (including phenoxy) is 2. The van der Waals surface area contributed by atoms with Gasteiger partial charge in [-0.3, -0.25) is 9.88 Å². The zero-order valence-electron chi connectivity index (χ0n) is 12.5. The maximum Gasteiger partial charge on any atom is 0.0992 e. The summed E-state index contributed by atoms with van der Waals surface area (Å²) in [5.74, 6) is 0.833. The lowest BCUT2D eigenvalue weighted by Crippen LogP contribution is -2.51. The molecule has 2 heterocycles. The van der Waals surface area contributed by atoms with Gasteiger partial charge in [-0.25, -0.2) is 0 Å². The van der Waals surface area contributed by atoms with Gasteiger partial charge in [0.15, 0.2) is 0 Å². The molecule has 0 aromatic carbocycles. The molecule has 0 radical (unpaired) electrons. The lowest BCUT2D eigenvalue weighted by Gasteiger charge is -2.39. The molecule has 0 unspecified atom stereocenters. The molecule has 3 aliphatic rings.